The molecule has 2 amide bonds. The molecule has 0 radical (unpaired) electrons. The number of thiazole rings is 2. The van der Waals surface area contributed by atoms with Crippen LogP contribution in [0, 0.1) is 20.2 Å². The lowest BCUT2D eigenvalue weighted by atomic mass is 10.1. The Hall–Kier alpha value is -4.82. The molecule has 0 aliphatic rings. The molecule has 0 aliphatic heterocycles. The molecule has 0 aliphatic carbocycles. The predicted molar refractivity (Wildman–Crippen MR) is 135 cm³/mol. The van der Waals surface area contributed by atoms with Crippen LogP contribution in [0.3, 0.4) is 0 Å². The van der Waals surface area contributed by atoms with Gasteiger partial charge in [-0.2, -0.15) is 0 Å². The van der Waals surface area contributed by atoms with Gasteiger partial charge in [-0.25, -0.2) is 9.97 Å². The minimum atomic E-state index is -0.509. The van der Waals surface area contributed by atoms with E-state index >= 15 is 0 Å². The quantitative estimate of drug-likeness (QED) is 0.226. The Morgan fingerprint density at radius 1 is 0.694 bits per heavy atom. The molecule has 0 atom stereocenters. The summed E-state index contributed by atoms with van der Waals surface area (Å²) in [5.74, 6) is -1.02. The molecule has 178 valence electrons. The van der Waals surface area contributed by atoms with E-state index in [4.69, 9.17) is 0 Å². The van der Waals surface area contributed by atoms with Crippen molar-refractivity contribution in [3.05, 3.63) is 92.0 Å². The van der Waals surface area contributed by atoms with Gasteiger partial charge in [-0.05, 0) is 30.3 Å². The Kier molecular flexibility index (Phi) is 5.79. The highest BCUT2D eigenvalue weighted by Crippen LogP contribution is 2.30. The molecule has 0 spiro atoms. The second-order valence-corrected chi connectivity index (χ2v) is 9.41. The lowest BCUT2D eigenvalue weighted by Gasteiger charge is -2.05. The summed E-state index contributed by atoms with van der Waals surface area (Å²) in [6.45, 7) is 0. The Balaban J connectivity index is 1.32. The standard InChI is InChI=1S/C22H12N6O6S2/c29-19(25-21-23-15-6-4-13(27(31)32)9-17(15)35-21)11-2-1-3-12(8-11)20(30)26-22-24-16-7-5-14(28(33)34)10-18(16)36-22/h1-10H,(H,23,25,29)(H,24,26,30). The van der Waals surface area contributed by atoms with Crippen molar-refractivity contribution in [3.8, 4) is 0 Å². The van der Waals surface area contributed by atoms with Crippen molar-refractivity contribution in [2.75, 3.05) is 10.6 Å². The van der Waals surface area contributed by atoms with Crippen LogP contribution in [-0.4, -0.2) is 31.6 Å². The van der Waals surface area contributed by atoms with Gasteiger partial charge < -0.3 is 0 Å². The number of non-ortho nitro benzene ring substituents is 2. The maximum Gasteiger partial charge on any atom is 0.270 e. The molecule has 2 aromatic heterocycles. The van der Waals surface area contributed by atoms with Gasteiger partial charge in [0.05, 0.1) is 30.3 Å². The number of anilines is 2. The summed E-state index contributed by atoms with van der Waals surface area (Å²) < 4.78 is 1.10. The van der Waals surface area contributed by atoms with Crippen LogP contribution in [-0.2, 0) is 0 Å². The number of hydrogen-bond donors (Lipinski definition) is 2. The van der Waals surface area contributed by atoms with E-state index in [9.17, 15) is 29.8 Å². The molecule has 12 nitrogen and oxygen atoms in total. The van der Waals surface area contributed by atoms with Gasteiger partial charge in [0, 0.05) is 35.4 Å². The van der Waals surface area contributed by atoms with Crippen LogP contribution in [0.25, 0.3) is 20.4 Å². The molecule has 0 saturated heterocycles. The summed E-state index contributed by atoms with van der Waals surface area (Å²) in [4.78, 5) is 54.9. The fourth-order valence-electron chi connectivity index (χ4n) is 3.30. The minimum Gasteiger partial charge on any atom is -0.298 e. The number of carbonyl (C=O) groups excluding carboxylic acids is 2. The highest BCUT2D eigenvalue weighted by Gasteiger charge is 2.16. The number of nitro groups is 2. The highest BCUT2D eigenvalue weighted by molar-refractivity contribution is 7.22. The summed E-state index contributed by atoms with van der Waals surface area (Å²) in [6.07, 6.45) is 0. The Morgan fingerprint density at radius 2 is 1.14 bits per heavy atom. The van der Waals surface area contributed by atoms with E-state index < -0.39 is 21.7 Å². The number of nitrogens with zero attached hydrogens (tertiary/aromatic N) is 4. The third-order valence-electron chi connectivity index (χ3n) is 4.99. The molecule has 14 heteroatoms. The Labute approximate surface area is 208 Å². The smallest absolute Gasteiger partial charge is 0.270 e. The van der Waals surface area contributed by atoms with Crippen molar-refractivity contribution in [3.63, 3.8) is 0 Å². The zero-order chi connectivity index (χ0) is 25.4. The second-order valence-electron chi connectivity index (χ2n) is 7.35. The first-order valence-electron chi connectivity index (χ1n) is 10.1. The van der Waals surface area contributed by atoms with Crippen molar-refractivity contribution < 1.29 is 19.4 Å². The number of hydrogen-bond acceptors (Lipinski definition) is 10. The van der Waals surface area contributed by atoms with Gasteiger partial charge in [-0.1, -0.05) is 28.7 Å². The average Bonchev–Trinajstić information content (AvgIpc) is 3.45. The first-order valence-corrected chi connectivity index (χ1v) is 11.7. The van der Waals surface area contributed by atoms with Crippen molar-refractivity contribution in [2.45, 2.75) is 0 Å². The van der Waals surface area contributed by atoms with Gasteiger partial charge in [0.25, 0.3) is 23.2 Å². The molecule has 0 bridgehead atoms. The van der Waals surface area contributed by atoms with E-state index in [0.717, 1.165) is 22.7 Å². The van der Waals surface area contributed by atoms with Crippen molar-refractivity contribution in [1.29, 1.82) is 0 Å². The van der Waals surface area contributed by atoms with E-state index in [2.05, 4.69) is 20.6 Å². The Bertz CT molecular complexity index is 1590. The number of aromatic nitrogens is 2. The molecule has 5 rings (SSSR count). The molecule has 2 N–H and O–H groups in total. The molecular formula is C22H12N6O6S2. The second kappa shape index (κ2) is 9.09. The summed E-state index contributed by atoms with van der Waals surface area (Å²) in [6, 6.07) is 14.5. The van der Waals surface area contributed by atoms with Crippen LogP contribution in [0.2, 0.25) is 0 Å². The van der Waals surface area contributed by atoms with Crippen molar-refractivity contribution in [2.24, 2.45) is 0 Å². The van der Waals surface area contributed by atoms with Gasteiger partial charge in [0.15, 0.2) is 10.3 Å². The van der Waals surface area contributed by atoms with Crippen LogP contribution >= 0.6 is 22.7 Å². The van der Waals surface area contributed by atoms with Gasteiger partial charge in [0.2, 0.25) is 0 Å². The molecule has 0 fully saturated rings. The third kappa shape index (κ3) is 4.57. The van der Waals surface area contributed by atoms with Gasteiger partial charge in [0.1, 0.15) is 0 Å². The van der Waals surface area contributed by atoms with Gasteiger partial charge >= 0.3 is 0 Å². The van der Waals surface area contributed by atoms with E-state index in [1.165, 1.54) is 54.6 Å². The largest absolute Gasteiger partial charge is 0.298 e. The molecule has 0 saturated carbocycles. The molecule has 36 heavy (non-hydrogen) atoms. The van der Waals surface area contributed by atoms with Crippen molar-refractivity contribution in [1.82, 2.24) is 9.97 Å². The zero-order valence-electron chi connectivity index (χ0n) is 17.8. The normalized spacial score (nSPS) is 10.9. The van der Waals surface area contributed by atoms with E-state index in [1.54, 1.807) is 6.07 Å². The molecule has 0 unspecified atom stereocenters. The number of nitro benzene ring substituents is 2. The van der Waals surface area contributed by atoms with E-state index in [1.807, 2.05) is 0 Å². The SMILES string of the molecule is O=C(Nc1nc2ccc([N+](=O)[O-])cc2s1)c1cccc(C(=O)Nc2nc3ccc([N+](=O)[O-])cc3s2)c1. The molecule has 3 aromatic carbocycles. The molecule has 5 aromatic rings. The summed E-state index contributed by atoms with van der Waals surface area (Å²) >= 11 is 2.19. The maximum absolute atomic E-state index is 12.8. The van der Waals surface area contributed by atoms with Crippen LogP contribution in [0.15, 0.2) is 60.7 Å². The van der Waals surface area contributed by atoms with Crippen LogP contribution in [0.1, 0.15) is 20.7 Å². The maximum atomic E-state index is 12.8. The third-order valence-corrected chi connectivity index (χ3v) is 6.86. The number of carbonyl (C=O) groups is 2. The van der Waals surface area contributed by atoms with E-state index in [-0.39, 0.29) is 32.8 Å². The zero-order valence-corrected chi connectivity index (χ0v) is 19.5. The molecular weight excluding hydrogens is 508 g/mol. The number of benzene rings is 3. The van der Waals surface area contributed by atoms with Crippen LogP contribution in [0.5, 0.6) is 0 Å². The van der Waals surface area contributed by atoms with Crippen molar-refractivity contribution >= 4 is 76.6 Å². The first-order chi connectivity index (χ1) is 17.3. The number of rotatable bonds is 6. The fourth-order valence-corrected chi connectivity index (χ4v) is 5.09. The monoisotopic (exact) mass is 520 g/mol. The van der Waals surface area contributed by atoms with Crippen LogP contribution < -0.4 is 10.6 Å². The topological polar surface area (TPSA) is 170 Å². The fraction of sp³-hybridized carbons (Fsp3) is 0. The minimum absolute atomic E-state index is 0.0749. The predicted octanol–water partition coefficient (Wildman–Crippen LogP) is 5.23. The summed E-state index contributed by atoms with van der Waals surface area (Å²) in [5.41, 5.74) is 1.27. The number of fused-ring (bicyclic) bond motifs is 2. The van der Waals surface area contributed by atoms with E-state index in [0.29, 0.717) is 20.4 Å². The number of nitrogens with one attached hydrogen (secondary N) is 2. The average molecular weight is 521 g/mol. The summed E-state index contributed by atoms with van der Waals surface area (Å²) in [5, 5.41) is 27.7. The molecule has 2 heterocycles. The van der Waals surface area contributed by atoms with Gasteiger partial charge in [-0.3, -0.25) is 40.5 Å². The summed E-state index contributed by atoms with van der Waals surface area (Å²) in [7, 11) is 0. The lowest BCUT2D eigenvalue weighted by molar-refractivity contribution is -0.384. The lowest BCUT2D eigenvalue weighted by Crippen LogP contribution is -2.15. The highest BCUT2D eigenvalue weighted by atomic mass is 32.1. The number of amides is 2. The first kappa shape index (κ1) is 22.9. The van der Waals surface area contributed by atoms with Crippen LogP contribution in [0.4, 0.5) is 21.6 Å². The Morgan fingerprint density at radius 3 is 1.56 bits per heavy atom. The van der Waals surface area contributed by atoms with Gasteiger partial charge in [-0.15, -0.1) is 0 Å².